The lowest BCUT2D eigenvalue weighted by atomic mass is 9.79. The van der Waals surface area contributed by atoms with Gasteiger partial charge in [-0.25, -0.2) is 4.79 Å². The third kappa shape index (κ3) is 3.17. The number of alkyl halides is 3. The quantitative estimate of drug-likeness (QED) is 0.868. The monoisotopic (exact) mass is 338 g/mol. The number of halogens is 3. The molecule has 0 unspecified atom stereocenters. The minimum Gasteiger partial charge on any atom is -0.334 e. The zero-order valence-electron chi connectivity index (χ0n) is 12.9. The highest BCUT2D eigenvalue weighted by Crippen LogP contribution is 2.36. The number of carbonyl (C=O) groups is 1. The average molecular weight is 338 g/mol. The van der Waals surface area contributed by atoms with Gasteiger partial charge < -0.3 is 15.5 Å². The van der Waals surface area contributed by atoms with Gasteiger partial charge in [-0.15, -0.1) is 0 Å². The lowest BCUT2D eigenvalue weighted by molar-refractivity contribution is -0.138. The van der Waals surface area contributed by atoms with Gasteiger partial charge in [0.05, 0.1) is 17.2 Å². The molecule has 2 fully saturated rings. The van der Waals surface area contributed by atoms with Gasteiger partial charge in [0.25, 0.3) is 0 Å². The molecule has 8 heteroatoms. The predicted octanol–water partition coefficient (Wildman–Crippen LogP) is 2.08. The van der Waals surface area contributed by atoms with E-state index in [1.54, 1.807) is 11.0 Å². The summed E-state index contributed by atoms with van der Waals surface area (Å²) in [7, 11) is 0. The third-order valence-electron chi connectivity index (χ3n) is 4.65. The molecule has 5 nitrogen and oxygen atoms in total. The molecule has 2 saturated heterocycles. The van der Waals surface area contributed by atoms with Crippen LogP contribution in [0.15, 0.2) is 18.2 Å². The number of nitriles is 1. The highest BCUT2D eigenvalue weighted by atomic mass is 19.4. The number of nitrogens with zero attached hydrogens (tertiary/aromatic N) is 2. The number of nitrogens with one attached hydrogen (secondary N) is 2. The minimum absolute atomic E-state index is 0.0485. The predicted molar refractivity (Wildman–Crippen MR) is 79.9 cm³/mol. The van der Waals surface area contributed by atoms with E-state index in [2.05, 4.69) is 10.6 Å². The van der Waals surface area contributed by atoms with Gasteiger partial charge in [0, 0.05) is 31.6 Å². The second-order valence-corrected chi connectivity index (χ2v) is 6.42. The SMILES string of the molecule is N#Cc1ccc(CNC(=O)N2CC3(CCNC3)C2)c(C(F)(F)F)c1. The Morgan fingerprint density at radius 1 is 1.42 bits per heavy atom. The van der Waals surface area contributed by atoms with Gasteiger partial charge in [-0.1, -0.05) is 6.07 Å². The molecule has 2 heterocycles. The molecule has 1 aromatic rings. The van der Waals surface area contributed by atoms with Gasteiger partial charge in [0.15, 0.2) is 0 Å². The minimum atomic E-state index is -4.57. The summed E-state index contributed by atoms with van der Waals surface area (Å²) in [5, 5.41) is 14.5. The van der Waals surface area contributed by atoms with E-state index in [4.69, 9.17) is 5.26 Å². The van der Waals surface area contributed by atoms with Crippen LogP contribution in [0, 0.1) is 16.7 Å². The highest BCUT2D eigenvalue weighted by Gasteiger charge is 2.46. The molecule has 128 valence electrons. The van der Waals surface area contributed by atoms with E-state index in [0.29, 0.717) is 13.1 Å². The van der Waals surface area contributed by atoms with Crippen LogP contribution < -0.4 is 10.6 Å². The van der Waals surface area contributed by atoms with Crippen molar-refractivity contribution >= 4 is 6.03 Å². The molecule has 24 heavy (non-hydrogen) atoms. The van der Waals surface area contributed by atoms with Crippen LogP contribution in [0.1, 0.15) is 23.1 Å². The average Bonchev–Trinajstić information content (AvgIpc) is 3.00. The Morgan fingerprint density at radius 2 is 2.17 bits per heavy atom. The standard InChI is InChI=1S/C16H17F3N4O/c17-16(18,19)13-5-11(6-20)1-2-12(13)7-22-14(24)23-9-15(10-23)3-4-21-8-15/h1-2,5,21H,3-4,7-10H2,(H,22,24). The number of rotatable bonds is 2. The summed E-state index contributed by atoms with van der Waals surface area (Å²) in [5.74, 6) is 0. The molecule has 2 aliphatic heterocycles. The van der Waals surface area contributed by atoms with Crippen molar-refractivity contribution in [3.63, 3.8) is 0 Å². The molecule has 0 aliphatic carbocycles. The van der Waals surface area contributed by atoms with Crippen LogP contribution >= 0.6 is 0 Å². The maximum Gasteiger partial charge on any atom is 0.416 e. The van der Waals surface area contributed by atoms with Crippen LogP contribution in [0.4, 0.5) is 18.0 Å². The van der Waals surface area contributed by atoms with Crippen molar-refractivity contribution in [1.29, 1.82) is 5.26 Å². The number of benzene rings is 1. The van der Waals surface area contributed by atoms with E-state index in [9.17, 15) is 18.0 Å². The van der Waals surface area contributed by atoms with Crippen molar-refractivity contribution in [2.75, 3.05) is 26.2 Å². The smallest absolute Gasteiger partial charge is 0.334 e. The first-order valence-corrected chi connectivity index (χ1v) is 7.67. The van der Waals surface area contributed by atoms with E-state index in [1.165, 1.54) is 12.1 Å². The van der Waals surface area contributed by atoms with Crippen LogP contribution in [0.25, 0.3) is 0 Å². The second-order valence-electron chi connectivity index (χ2n) is 6.42. The molecule has 0 radical (unpaired) electrons. The summed E-state index contributed by atoms with van der Waals surface area (Å²) < 4.78 is 39.3. The number of amides is 2. The van der Waals surface area contributed by atoms with E-state index >= 15 is 0 Å². The van der Waals surface area contributed by atoms with Crippen LogP contribution in [-0.2, 0) is 12.7 Å². The third-order valence-corrected chi connectivity index (χ3v) is 4.65. The Labute approximate surface area is 137 Å². The molecular formula is C16H17F3N4O. The summed E-state index contributed by atoms with van der Waals surface area (Å²) in [5.41, 5.74) is -0.853. The van der Waals surface area contributed by atoms with E-state index < -0.39 is 11.7 Å². The van der Waals surface area contributed by atoms with Crippen molar-refractivity contribution < 1.29 is 18.0 Å². The summed E-state index contributed by atoms with van der Waals surface area (Å²) in [6.07, 6.45) is -3.55. The maximum absolute atomic E-state index is 13.1. The van der Waals surface area contributed by atoms with Gasteiger partial charge in [-0.3, -0.25) is 0 Å². The largest absolute Gasteiger partial charge is 0.416 e. The van der Waals surface area contributed by atoms with Crippen LogP contribution in [0.5, 0.6) is 0 Å². The Bertz CT molecular complexity index is 682. The lowest BCUT2D eigenvalue weighted by Gasteiger charge is -2.47. The van der Waals surface area contributed by atoms with Gasteiger partial charge in [0.2, 0.25) is 0 Å². The zero-order valence-corrected chi connectivity index (χ0v) is 12.9. The van der Waals surface area contributed by atoms with Gasteiger partial charge in [-0.2, -0.15) is 18.4 Å². The molecule has 0 aromatic heterocycles. The molecule has 2 amide bonds. The maximum atomic E-state index is 13.1. The Hall–Kier alpha value is -2.27. The summed E-state index contributed by atoms with van der Waals surface area (Å²) in [4.78, 5) is 13.7. The number of urea groups is 1. The van der Waals surface area contributed by atoms with Crippen molar-refractivity contribution in [1.82, 2.24) is 15.5 Å². The molecule has 0 saturated carbocycles. The molecular weight excluding hydrogens is 321 g/mol. The summed E-state index contributed by atoms with van der Waals surface area (Å²) in [6.45, 7) is 2.86. The van der Waals surface area contributed by atoms with Gasteiger partial charge in [-0.05, 0) is 30.7 Å². The van der Waals surface area contributed by atoms with Crippen LogP contribution in [0.3, 0.4) is 0 Å². The number of hydrogen-bond acceptors (Lipinski definition) is 3. The first-order chi connectivity index (χ1) is 11.3. The topological polar surface area (TPSA) is 68.2 Å². The Balaban J connectivity index is 1.62. The number of carbonyl (C=O) groups excluding carboxylic acids is 1. The van der Waals surface area contributed by atoms with Crippen LogP contribution in [0.2, 0.25) is 0 Å². The fourth-order valence-corrected chi connectivity index (χ4v) is 3.32. The summed E-state index contributed by atoms with van der Waals surface area (Å²) in [6, 6.07) is 4.70. The summed E-state index contributed by atoms with van der Waals surface area (Å²) >= 11 is 0. The Kier molecular flexibility index (Phi) is 4.13. The molecule has 0 bridgehead atoms. The van der Waals surface area contributed by atoms with E-state index in [0.717, 1.165) is 25.6 Å². The second kappa shape index (κ2) is 5.98. The van der Waals surface area contributed by atoms with Gasteiger partial charge >= 0.3 is 12.2 Å². The van der Waals surface area contributed by atoms with Crippen molar-refractivity contribution in [2.45, 2.75) is 19.1 Å². The molecule has 0 atom stereocenters. The lowest BCUT2D eigenvalue weighted by Crippen LogP contribution is -2.61. The normalized spacial score (nSPS) is 19.0. The van der Waals surface area contributed by atoms with E-state index in [1.807, 2.05) is 0 Å². The Morgan fingerprint density at radius 3 is 2.75 bits per heavy atom. The first kappa shape index (κ1) is 16.6. The van der Waals surface area contributed by atoms with E-state index in [-0.39, 0.29) is 29.1 Å². The molecule has 2 N–H and O–H groups in total. The molecule has 1 aromatic carbocycles. The van der Waals surface area contributed by atoms with Crippen LogP contribution in [-0.4, -0.2) is 37.1 Å². The van der Waals surface area contributed by atoms with Gasteiger partial charge in [0.1, 0.15) is 0 Å². The number of hydrogen-bond donors (Lipinski definition) is 2. The van der Waals surface area contributed by atoms with Crippen molar-refractivity contribution in [3.05, 3.63) is 34.9 Å². The first-order valence-electron chi connectivity index (χ1n) is 7.67. The number of likely N-dealkylation sites (tertiary alicyclic amines) is 1. The molecule has 2 aliphatic rings. The van der Waals surface area contributed by atoms with Crippen molar-refractivity contribution in [2.24, 2.45) is 5.41 Å². The molecule has 3 rings (SSSR count). The fraction of sp³-hybridized carbons (Fsp3) is 0.500. The fourth-order valence-electron chi connectivity index (χ4n) is 3.32. The highest BCUT2D eigenvalue weighted by molar-refractivity contribution is 5.75. The zero-order chi connectivity index (χ0) is 17.4. The van der Waals surface area contributed by atoms with Crippen molar-refractivity contribution in [3.8, 4) is 6.07 Å². The molecule has 1 spiro atoms.